The van der Waals surface area contributed by atoms with Crippen LogP contribution in [0.5, 0.6) is 5.88 Å². The van der Waals surface area contributed by atoms with E-state index in [2.05, 4.69) is 15.4 Å². The first kappa shape index (κ1) is 11.9. The lowest BCUT2D eigenvalue weighted by atomic mass is 10.4. The number of ether oxygens (including phenoxy) is 1. The normalized spacial score (nSPS) is 10.0. The highest BCUT2D eigenvalue weighted by molar-refractivity contribution is 5.69. The van der Waals surface area contributed by atoms with Crippen LogP contribution in [0, 0.1) is 0 Å². The van der Waals surface area contributed by atoms with Gasteiger partial charge in [-0.1, -0.05) is 0 Å². The molecule has 0 unspecified atom stereocenters. The molecule has 7 nitrogen and oxygen atoms in total. The maximum absolute atomic E-state index is 11.4. The van der Waals surface area contributed by atoms with Crippen LogP contribution >= 0.6 is 0 Å². The van der Waals surface area contributed by atoms with Gasteiger partial charge in [0, 0.05) is 25.0 Å². The van der Waals surface area contributed by atoms with E-state index in [4.69, 9.17) is 10.5 Å². The molecule has 2 heterocycles. The number of nitrogens with two attached hydrogens (primary N) is 1. The Morgan fingerprint density at radius 1 is 1.50 bits per heavy atom. The van der Waals surface area contributed by atoms with E-state index in [1.807, 2.05) is 12.3 Å². The van der Waals surface area contributed by atoms with Gasteiger partial charge in [0.2, 0.25) is 5.88 Å². The minimum absolute atomic E-state index is 0.209. The number of nitrogens with zero attached hydrogens (tertiary/aromatic N) is 3. The lowest BCUT2D eigenvalue weighted by Crippen LogP contribution is -2.30. The zero-order chi connectivity index (χ0) is 12.8. The average Bonchev–Trinajstić information content (AvgIpc) is 2.85. The van der Waals surface area contributed by atoms with Gasteiger partial charge >= 0.3 is 6.09 Å². The summed E-state index contributed by atoms with van der Waals surface area (Å²) in [5.74, 6) is 0.209. The Hall–Kier alpha value is -2.57. The molecule has 94 valence electrons. The fourth-order valence-electron chi connectivity index (χ4n) is 1.29. The van der Waals surface area contributed by atoms with Gasteiger partial charge in [-0.25, -0.2) is 9.78 Å². The Bertz CT molecular complexity index is 495. The number of nitrogens with one attached hydrogen (secondary N) is 1. The molecule has 0 saturated heterocycles. The van der Waals surface area contributed by atoms with Gasteiger partial charge in [0.1, 0.15) is 0 Å². The molecular weight excluding hydrogens is 234 g/mol. The number of hydrogen-bond donors (Lipinski definition) is 2. The van der Waals surface area contributed by atoms with Crippen LogP contribution in [-0.4, -0.2) is 27.4 Å². The summed E-state index contributed by atoms with van der Waals surface area (Å²) in [5, 5.41) is 6.60. The molecular formula is C11H13N5O2. The molecule has 2 aromatic heterocycles. The number of pyridine rings is 1. The molecule has 2 aromatic rings. The largest absolute Gasteiger partial charge is 0.414 e. The molecule has 0 aliphatic carbocycles. The molecule has 0 aliphatic rings. The summed E-state index contributed by atoms with van der Waals surface area (Å²) in [6.07, 6.45) is 4.36. The van der Waals surface area contributed by atoms with Crippen molar-refractivity contribution in [1.29, 1.82) is 0 Å². The first-order chi connectivity index (χ1) is 8.74. The Balaban J connectivity index is 1.73. The molecule has 0 aliphatic heterocycles. The second-order valence-corrected chi connectivity index (χ2v) is 3.52. The zero-order valence-corrected chi connectivity index (χ0v) is 9.61. The fourth-order valence-corrected chi connectivity index (χ4v) is 1.29. The van der Waals surface area contributed by atoms with E-state index >= 15 is 0 Å². The summed E-state index contributed by atoms with van der Waals surface area (Å²) in [7, 11) is 0. The van der Waals surface area contributed by atoms with Crippen molar-refractivity contribution in [2.24, 2.45) is 0 Å². The number of nitrogen functional groups attached to an aromatic ring is 1. The molecule has 0 bridgehead atoms. The van der Waals surface area contributed by atoms with E-state index in [9.17, 15) is 4.79 Å². The first-order valence-electron chi connectivity index (χ1n) is 5.39. The van der Waals surface area contributed by atoms with E-state index in [1.165, 1.54) is 12.3 Å². The smallest absolute Gasteiger partial charge is 0.397 e. The molecule has 0 radical (unpaired) electrons. The summed E-state index contributed by atoms with van der Waals surface area (Å²) in [6.45, 7) is 1.01. The summed E-state index contributed by atoms with van der Waals surface area (Å²) >= 11 is 0. The van der Waals surface area contributed by atoms with E-state index in [0.717, 1.165) is 0 Å². The fraction of sp³-hybridized carbons (Fsp3) is 0.182. The van der Waals surface area contributed by atoms with Gasteiger partial charge in [0.05, 0.1) is 18.4 Å². The molecule has 0 atom stereocenters. The van der Waals surface area contributed by atoms with Gasteiger partial charge in [0.25, 0.3) is 0 Å². The molecule has 18 heavy (non-hydrogen) atoms. The number of aromatic nitrogens is 3. The topological polar surface area (TPSA) is 95.1 Å². The van der Waals surface area contributed by atoms with Crippen molar-refractivity contribution in [2.45, 2.75) is 6.54 Å². The van der Waals surface area contributed by atoms with Crippen LogP contribution in [0.25, 0.3) is 0 Å². The maximum atomic E-state index is 11.4. The van der Waals surface area contributed by atoms with Crippen molar-refractivity contribution >= 4 is 11.8 Å². The minimum atomic E-state index is -0.556. The predicted octanol–water partition coefficient (Wildman–Crippen LogP) is 0.649. The van der Waals surface area contributed by atoms with Crippen molar-refractivity contribution in [2.75, 3.05) is 12.3 Å². The van der Waals surface area contributed by atoms with Crippen LogP contribution in [0.3, 0.4) is 0 Å². The molecule has 0 spiro atoms. The number of rotatable bonds is 4. The third-order valence-corrected chi connectivity index (χ3v) is 2.13. The van der Waals surface area contributed by atoms with Crippen LogP contribution < -0.4 is 15.8 Å². The maximum Gasteiger partial charge on any atom is 0.414 e. The molecule has 0 fully saturated rings. The highest BCUT2D eigenvalue weighted by Gasteiger charge is 2.04. The Labute approximate surface area is 104 Å². The Morgan fingerprint density at radius 3 is 3.06 bits per heavy atom. The molecule has 0 aromatic carbocycles. The van der Waals surface area contributed by atoms with E-state index in [0.29, 0.717) is 18.8 Å². The van der Waals surface area contributed by atoms with E-state index < -0.39 is 6.09 Å². The highest BCUT2D eigenvalue weighted by Crippen LogP contribution is 2.08. The average molecular weight is 247 g/mol. The van der Waals surface area contributed by atoms with E-state index in [1.54, 1.807) is 16.9 Å². The zero-order valence-electron chi connectivity index (χ0n) is 9.61. The van der Waals surface area contributed by atoms with E-state index in [-0.39, 0.29) is 5.88 Å². The van der Waals surface area contributed by atoms with Gasteiger partial charge in [-0.05, 0) is 12.1 Å². The SMILES string of the molecule is Nc1ccc(OC(=O)NCCn2cccn2)nc1. The molecule has 1 amide bonds. The number of carbonyl (C=O) groups is 1. The molecule has 3 N–H and O–H groups in total. The van der Waals surface area contributed by atoms with Crippen molar-refractivity contribution in [3.05, 3.63) is 36.8 Å². The molecule has 2 rings (SSSR count). The lowest BCUT2D eigenvalue weighted by Gasteiger charge is -2.06. The summed E-state index contributed by atoms with van der Waals surface area (Å²) in [6, 6.07) is 4.96. The number of hydrogen-bond acceptors (Lipinski definition) is 5. The highest BCUT2D eigenvalue weighted by atomic mass is 16.6. The lowest BCUT2D eigenvalue weighted by molar-refractivity contribution is 0.198. The summed E-state index contributed by atoms with van der Waals surface area (Å²) in [5.41, 5.74) is 5.98. The van der Waals surface area contributed by atoms with Crippen LogP contribution in [0.1, 0.15) is 0 Å². The quantitative estimate of drug-likeness (QED) is 0.827. The van der Waals surface area contributed by atoms with Gasteiger partial charge < -0.3 is 15.8 Å². The summed E-state index contributed by atoms with van der Waals surface area (Å²) < 4.78 is 6.65. The van der Waals surface area contributed by atoms with Crippen molar-refractivity contribution in [1.82, 2.24) is 20.1 Å². The Morgan fingerprint density at radius 2 is 2.39 bits per heavy atom. The van der Waals surface area contributed by atoms with Crippen LogP contribution in [0.15, 0.2) is 36.8 Å². The van der Waals surface area contributed by atoms with Gasteiger partial charge in [-0.3, -0.25) is 4.68 Å². The molecule has 0 saturated carbocycles. The van der Waals surface area contributed by atoms with Gasteiger partial charge in [-0.15, -0.1) is 0 Å². The standard InChI is InChI=1S/C11H13N5O2/c12-9-2-3-10(14-8-9)18-11(17)13-5-7-16-6-1-4-15-16/h1-4,6,8H,5,7,12H2,(H,13,17). The van der Waals surface area contributed by atoms with Crippen LogP contribution in [0.4, 0.5) is 10.5 Å². The number of anilines is 1. The molecule has 7 heteroatoms. The van der Waals surface area contributed by atoms with Crippen LogP contribution in [-0.2, 0) is 6.54 Å². The second-order valence-electron chi connectivity index (χ2n) is 3.52. The Kier molecular flexibility index (Phi) is 3.75. The predicted molar refractivity (Wildman–Crippen MR) is 64.9 cm³/mol. The summed E-state index contributed by atoms with van der Waals surface area (Å²) in [4.78, 5) is 15.2. The number of amides is 1. The van der Waals surface area contributed by atoms with Crippen molar-refractivity contribution < 1.29 is 9.53 Å². The van der Waals surface area contributed by atoms with Crippen molar-refractivity contribution in [3.8, 4) is 5.88 Å². The minimum Gasteiger partial charge on any atom is -0.397 e. The van der Waals surface area contributed by atoms with Crippen LogP contribution in [0.2, 0.25) is 0 Å². The number of carbonyl (C=O) groups excluding carboxylic acids is 1. The third kappa shape index (κ3) is 3.48. The van der Waals surface area contributed by atoms with Gasteiger partial charge in [-0.2, -0.15) is 5.10 Å². The monoisotopic (exact) mass is 247 g/mol. The van der Waals surface area contributed by atoms with Gasteiger partial charge in [0.15, 0.2) is 0 Å². The first-order valence-corrected chi connectivity index (χ1v) is 5.39. The third-order valence-electron chi connectivity index (χ3n) is 2.13. The second kappa shape index (κ2) is 5.67. The van der Waals surface area contributed by atoms with Crippen molar-refractivity contribution in [3.63, 3.8) is 0 Å².